The summed E-state index contributed by atoms with van der Waals surface area (Å²) in [6.45, 7) is 2.33. The lowest BCUT2D eigenvalue weighted by Crippen LogP contribution is -2.51. The lowest BCUT2D eigenvalue weighted by Gasteiger charge is -2.34. The number of nitrogens with one attached hydrogen (secondary N) is 1. The number of aryl methyl sites for hydroxylation is 1. The van der Waals surface area contributed by atoms with E-state index in [0.29, 0.717) is 18.9 Å². The maximum Gasteiger partial charge on any atom is 0.418 e. The second kappa shape index (κ2) is 10.5. The molecule has 2 unspecified atom stereocenters. The standard InChI is InChI=1S/C29H30ClF6N7O/c1-13-4-20(37)39-25(22(13)29(34,35)36)21-19(30)5-18-24(23(21)33)40-27(41-26(18)42-10-16-2-3-17(11-42)38-16)44-12-28-6-14(31)8-43(28)9-15(32)7-28/h4-5,14-17,38H,2-3,6-12H2,1H3,(H2,37,39)/t14-,15+,16?,17?,28+. The zero-order valence-corrected chi connectivity index (χ0v) is 24.5. The minimum Gasteiger partial charge on any atom is -0.461 e. The second-order valence-electron chi connectivity index (χ2n) is 12.4. The average Bonchev–Trinajstić information content (AvgIpc) is 3.52. The van der Waals surface area contributed by atoms with E-state index in [-0.39, 0.29) is 77.9 Å². The van der Waals surface area contributed by atoms with Gasteiger partial charge in [-0.25, -0.2) is 18.2 Å². The van der Waals surface area contributed by atoms with Gasteiger partial charge in [0.25, 0.3) is 0 Å². The molecule has 0 radical (unpaired) electrons. The van der Waals surface area contributed by atoms with Crippen LogP contribution < -0.4 is 20.7 Å². The number of halogens is 7. The minimum atomic E-state index is -4.88. The van der Waals surface area contributed by atoms with Gasteiger partial charge in [0.05, 0.1) is 27.4 Å². The number of pyridine rings is 1. The van der Waals surface area contributed by atoms with E-state index in [4.69, 9.17) is 22.1 Å². The van der Waals surface area contributed by atoms with E-state index in [1.54, 1.807) is 4.90 Å². The highest BCUT2D eigenvalue weighted by molar-refractivity contribution is 6.34. The number of hydrogen-bond acceptors (Lipinski definition) is 8. The summed E-state index contributed by atoms with van der Waals surface area (Å²) < 4.78 is 94.0. The summed E-state index contributed by atoms with van der Waals surface area (Å²) in [7, 11) is 0. The summed E-state index contributed by atoms with van der Waals surface area (Å²) in [5, 5.41) is 3.38. The lowest BCUT2D eigenvalue weighted by atomic mass is 9.94. The van der Waals surface area contributed by atoms with Gasteiger partial charge in [-0.1, -0.05) is 11.6 Å². The maximum atomic E-state index is 16.6. The Bertz CT molecular complexity index is 1610. The predicted octanol–water partition coefficient (Wildman–Crippen LogP) is 5.24. The normalized spacial score (nSPS) is 28.7. The lowest BCUT2D eigenvalue weighted by molar-refractivity contribution is -0.137. The SMILES string of the molecule is Cc1cc(N)nc(-c2c(Cl)cc3c(N4CC5CCC(C4)N5)nc(OC[C@]45C[C@H](F)CN4C[C@H](F)C5)nc3c2F)c1C(F)(F)F. The quantitative estimate of drug-likeness (QED) is 0.366. The molecule has 0 aliphatic carbocycles. The molecule has 1 aromatic carbocycles. The zero-order chi connectivity index (χ0) is 31.1. The molecule has 0 amide bonds. The van der Waals surface area contributed by atoms with E-state index >= 15 is 4.39 Å². The fourth-order valence-corrected chi connectivity index (χ4v) is 7.81. The molecule has 0 saturated carbocycles. The molecule has 2 aromatic heterocycles. The third kappa shape index (κ3) is 4.98. The highest BCUT2D eigenvalue weighted by Crippen LogP contribution is 2.45. The van der Waals surface area contributed by atoms with Gasteiger partial charge in [0.1, 0.15) is 36.1 Å². The third-order valence-electron chi connectivity index (χ3n) is 9.30. The molecule has 4 aliphatic rings. The van der Waals surface area contributed by atoms with Crippen molar-refractivity contribution in [3.8, 4) is 17.3 Å². The Hall–Kier alpha value is -3.10. The van der Waals surface area contributed by atoms with Crippen LogP contribution in [0.5, 0.6) is 6.01 Å². The van der Waals surface area contributed by atoms with Crippen LogP contribution in [0.15, 0.2) is 12.1 Å². The molecule has 4 saturated heterocycles. The molecule has 2 bridgehead atoms. The average molecular weight is 642 g/mol. The van der Waals surface area contributed by atoms with Crippen LogP contribution in [-0.2, 0) is 6.18 Å². The Morgan fingerprint density at radius 2 is 1.70 bits per heavy atom. The van der Waals surface area contributed by atoms with Crippen molar-refractivity contribution >= 4 is 34.1 Å². The molecular formula is C29H30ClF6N7O. The number of rotatable bonds is 5. The van der Waals surface area contributed by atoms with Gasteiger partial charge >= 0.3 is 12.2 Å². The summed E-state index contributed by atoms with van der Waals surface area (Å²) in [6, 6.07) is 2.49. The van der Waals surface area contributed by atoms with Gasteiger partial charge in [-0.3, -0.25) is 4.90 Å². The molecule has 3 N–H and O–H groups in total. The molecule has 7 rings (SSSR count). The molecule has 4 aliphatic heterocycles. The van der Waals surface area contributed by atoms with Gasteiger partial charge in [0, 0.05) is 56.5 Å². The number of piperazine rings is 1. The van der Waals surface area contributed by atoms with Gasteiger partial charge in [-0.2, -0.15) is 23.1 Å². The van der Waals surface area contributed by atoms with Crippen LogP contribution in [0.1, 0.15) is 36.8 Å². The molecule has 5 atom stereocenters. The van der Waals surface area contributed by atoms with Crippen molar-refractivity contribution in [3.63, 3.8) is 0 Å². The van der Waals surface area contributed by atoms with E-state index in [0.717, 1.165) is 18.9 Å². The molecule has 0 spiro atoms. The van der Waals surface area contributed by atoms with Crippen LogP contribution in [-0.4, -0.2) is 82.6 Å². The first-order chi connectivity index (χ1) is 20.8. The van der Waals surface area contributed by atoms with Crippen molar-refractivity contribution in [2.45, 2.75) is 68.7 Å². The van der Waals surface area contributed by atoms with Gasteiger partial charge in [-0.15, -0.1) is 0 Å². The third-order valence-corrected chi connectivity index (χ3v) is 9.59. The topological polar surface area (TPSA) is 92.4 Å². The number of fused-ring (bicyclic) bond motifs is 4. The van der Waals surface area contributed by atoms with Crippen molar-refractivity contribution < 1.29 is 31.1 Å². The van der Waals surface area contributed by atoms with Crippen LogP contribution in [0.3, 0.4) is 0 Å². The Kier molecular flexibility index (Phi) is 7.05. The Labute approximate surface area is 253 Å². The molecule has 15 heteroatoms. The molecule has 6 heterocycles. The van der Waals surface area contributed by atoms with Gasteiger partial charge in [0.15, 0.2) is 5.82 Å². The van der Waals surface area contributed by atoms with Crippen molar-refractivity contribution in [2.24, 2.45) is 0 Å². The minimum absolute atomic E-state index is 0.0732. The maximum absolute atomic E-state index is 16.6. The van der Waals surface area contributed by atoms with Crippen LogP contribution in [0.4, 0.5) is 38.0 Å². The first-order valence-corrected chi connectivity index (χ1v) is 14.9. The van der Waals surface area contributed by atoms with Gasteiger partial charge in [-0.05, 0) is 37.5 Å². The summed E-state index contributed by atoms with van der Waals surface area (Å²) in [4.78, 5) is 16.5. The molecule has 3 aromatic rings. The number of benzene rings is 1. The number of nitrogens with two attached hydrogens (primary N) is 1. The fraction of sp³-hybridized carbons (Fsp3) is 0.552. The monoisotopic (exact) mass is 641 g/mol. The molecular weight excluding hydrogens is 612 g/mol. The van der Waals surface area contributed by atoms with Crippen LogP contribution in [0, 0.1) is 12.7 Å². The number of nitrogen functional groups attached to an aromatic ring is 1. The van der Waals surface area contributed by atoms with E-state index in [9.17, 15) is 22.0 Å². The predicted molar refractivity (Wildman–Crippen MR) is 153 cm³/mol. The van der Waals surface area contributed by atoms with E-state index < -0.39 is 46.7 Å². The number of ether oxygens (including phenoxy) is 1. The van der Waals surface area contributed by atoms with Crippen molar-refractivity contribution in [1.29, 1.82) is 0 Å². The van der Waals surface area contributed by atoms with Crippen LogP contribution in [0.25, 0.3) is 22.2 Å². The molecule has 8 nitrogen and oxygen atoms in total. The Balaban J connectivity index is 1.37. The number of nitrogens with zero attached hydrogens (tertiary/aromatic N) is 5. The summed E-state index contributed by atoms with van der Waals surface area (Å²) in [5.74, 6) is -1.07. The molecule has 4 fully saturated rings. The smallest absolute Gasteiger partial charge is 0.418 e. The Morgan fingerprint density at radius 1 is 1.05 bits per heavy atom. The number of alkyl halides is 5. The Morgan fingerprint density at radius 3 is 2.34 bits per heavy atom. The first kappa shape index (κ1) is 29.6. The highest BCUT2D eigenvalue weighted by Gasteiger charge is 2.53. The zero-order valence-electron chi connectivity index (χ0n) is 23.7. The van der Waals surface area contributed by atoms with E-state index in [1.807, 2.05) is 4.90 Å². The van der Waals surface area contributed by atoms with E-state index in [1.165, 1.54) is 13.0 Å². The highest BCUT2D eigenvalue weighted by atomic mass is 35.5. The summed E-state index contributed by atoms with van der Waals surface area (Å²) in [5.41, 5.74) is 1.82. The number of aromatic nitrogens is 3. The van der Waals surface area contributed by atoms with E-state index in [2.05, 4.69) is 20.3 Å². The van der Waals surface area contributed by atoms with Gasteiger partial charge in [0.2, 0.25) is 0 Å². The first-order valence-electron chi connectivity index (χ1n) is 14.5. The summed E-state index contributed by atoms with van der Waals surface area (Å²) in [6.07, 6.45) is -5.13. The number of hydrogen-bond donors (Lipinski definition) is 2. The fourth-order valence-electron chi connectivity index (χ4n) is 7.53. The molecule has 44 heavy (non-hydrogen) atoms. The largest absolute Gasteiger partial charge is 0.461 e. The molecule has 236 valence electrons. The van der Waals surface area contributed by atoms with Crippen molar-refractivity contribution in [3.05, 3.63) is 34.1 Å². The van der Waals surface area contributed by atoms with Crippen molar-refractivity contribution in [1.82, 2.24) is 25.2 Å². The van der Waals surface area contributed by atoms with Crippen LogP contribution in [0.2, 0.25) is 5.02 Å². The number of anilines is 2. The van der Waals surface area contributed by atoms with Crippen LogP contribution >= 0.6 is 11.6 Å². The van der Waals surface area contributed by atoms with Gasteiger partial charge < -0.3 is 20.7 Å². The summed E-state index contributed by atoms with van der Waals surface area (Å²) >= 11 is 6.54. The van der Waals surface area contributed by atoms with Crippen molar-refractivity contribution in [2.75, 3.05) is 43.4 Å². The second-order valence-corrected chi connectivity index (χ2v) is 12.8.